The monoisotopic (exact) mass is 308 g/mol. The van der Waals surface area contributed by atoms with Gasteiger partial charge in [-0.3, -0.25) is 4.90 Å². The number of likely N-dealkylation sites (N-methyl/N-ethyl adjacent to an activating group) is 1. The Morgan fingerprint density at radius 1 is 1.35 bits per heavy atom. The Balaban J connectivity index is 0.00000200. The molecule has 1 heterocycles. The van der Waals surface area contributed by atoms with Crippen LogP contribution in [0.5, 0.6) is 11.5 Å². The van der Waals surface area contributed by atoms with E-state index in [1.807, 2.05) is 13.1 Å². The second-order valence-corrected chi connectivity index (χ2v) is 4.59. The number of methoxy groups -OCH3 is 1. The molecule has 0 spiro atoms. The van der Waals surface area contributed by atoms with E-state index in [1.54, 1.807) is 12.1 Å². The van der Waals surface area contributed by atoms with Crippen molar-refractivity contribution in [3.63, 3.8) is 0 Å². The lowest BCUT2D eigenvalue weighted by molar-refractivity contribution is -0.0512. The fourth-order valence-electron chi connectivity index (χ4n) is 2.01. The van der Waals surface area contributed by atoms with Crippen molar-refractivity contribution >= 4 is 12.4 Å². The smallest absolute Gasteiger partial charge is 0.387 e. The van der Waals surface area contributed by atoms with Crippen molar-refractivity contribution in [2.75, 3.05) is 27.2 Å². The Labute approximate surface area is 123 Å². The average Bonchev–Trinajstić information content (AvgIpc) is 2.26. The third-order valence-electron chi connectivity index (χ3n) is 3.26. The third-order valence-corrected chi connectivity index (χ3v) is 3.26. The fraction of sp³-hybridized carbons (Fsp3) is 0.538. The highest BCUT2D eigenvalue weighted by Crippen LogP contribution is 2.30. The van der Waals surface area contributed by atoms with Crippen molar-refractivity contribution in [3.05, 3.63) is 23.8 Å². The first-order valence-corrected chi connectivity index (χ1v) is 6.13. The Morgan fingerprint density at radius 3 is 2.55 bits per heavy atom. The summed E-state index contributed by atoms with van der Waals surface area (Å²) >= 11 is 0. The van der Waals surface area contributed by atoms with Gasteiger partial charge in [0.1, 0.15) is 0 Å². The van der Waals surface area contributed by atoms with Gasteiger partial charge in [-0.25, -0.2) is 0 Å². The zero-order valence-corrected chi connectivity index (χ0v) is 12.3. The van der Waals surface area contributed by atoms with E-state index < -0.39 is 6.61 Å². The van der Waals surface area contributed by atoms with E-state index in [0.717, 1.165) is 18.7 Å². The van der Waals surface area contributed by atoms with Crippen LogP contribution in [-0.2, 0) is 6.54 Å². The topological polar surface area (TPSA) is 33.7 Å². The summed E-state index contributed by atoms with van der Waals surface area (Å²) in [7, 11) is 3.45. The molecule has 0 amide bonds. The molecule has 0 bridgehead atoms. The Morgan fingerprint density at radius 2 is 2.05 bits per heavy atom. The first kappa shape index (κ1) is 16.9. The van der Waals surface area contributed by atoms with E-state index in [9.17, 15) is 8.78 Å². The van der Waals surface area contributed by atoms with Crippen molar-refractivity contribution in [2.24, 2.45) is 0 Å². The maximum Gasteiger partial charge on any atom is 0.387 e. The van der Waals surface area contributed by atoms with Crippen molar-refractivity contribution < 1.29 is 18.3 Å². The fourth-order valence-corrected chi connectivity index (χ4v) is 2.01. The predicted molar refractivity (Wildman–Crippen MR) is 75.0 cm³/mol. The van der Waals surface area contributed by atoms with Crippen LogP contribution in [0.15, 0.2) is 18.2 Å². The lowest BCUT2D eigenvalue weighted by Gasteiger charge is -2.35. The number of halogens is 3. The van der Waals surface area contributed by atoms with E-state index in [1.165, 1.54) is 7.11 Å². The maximum atomic E-state index is 12.3. The molecule has 20 heavy (non-hydrogen) atoms. The van der Waals surface area contributed by atoms with E-state index in [4.69, 9.17) is 4.74 Å². The number of ether oxygens (including phenoxy) is 2. The van der Waals surface area contributed by atoms with E-state index in [0.29, 0.717) is 18.3 Å². The van der Waals surface area contributed by atoms with Gasteiger partial charge in [-0.2, -0.15) is 8.78 Å². The van der Waals surface area contributed by atoms with Crippen LogP contribution in [0, 0.1) is 0 Å². The molecule has 1 aromatic rings. The van der Waals surface area contributed by atoms with Crippen LogP contribution < -0.4 is 14.8 Å². The normalized spacial score (nSPS) is 14.9. The molecule has 0 aromatic heterocycles. The molecular formula is C13H19ClF2N2O2. The summed E-state index contributed by atoms with van der Waals surface area (Å²) in [5.74, 6) is 0.396. The molecule has 4 nitrogen and oxygen atoms in total. The number of hydrogen-bond acceptors (Lipinski definition) is 4. The van der Waals surface area contributed by atoms with Gasteiger partial charge in [0.2, 0.25) is 0 Å². The lowest BCUT2D eigenvalue weighted by atomic mass is 10.1. The zero-order chi connectivity index (χ0) is 13.8. The second kappa shape index (κ2) is 7.61. The van der Waals surface area contributed by atoms with Crippen LogP contribution in [0.2, 0.25) is 0 Å². The van der Waals surface area contributed by atoms with Gasteiger partial charge in [-0.05, 0) is 24.7 Å². The predicted octanol–water partition coefficient (Wildman–Crippen LogP) is 2.12. The summed E-state index contributed by atoms with van der Waals surface area (Å²) in [4.78, 5) is 2.18. The van der Waals surface area contributed by atoms with Gasteiger partial charge >= 0.3 is 6.61 Å². The number of alkyl halides is 2. The van der Waals surface area contributed by atoms with E-state index in [2.05, 4.69) is 15.0 Å². The van der Waals surface area contributed by atoms with Gasteiger partial charge in [0.15, 0.2) is 11.5 Å². The van der Waals surface area contributed by atoms with Gasteiger partial charge < -0.3 is 14.8 Å². The van der Waals surface area contributed by atoms with Gasteiger partial charge in [0.05, 0.1) is 7.11 Å². The molecule has 2 rings (SSSR count). The quantitative estimate of drug-likeness (QED) is 0.873. The molecule has 114 valence electrons. The number of nitrogens with one attached hydrogen (secondary N) is 1. The van der Waals surface area contributed by atoms with Crippen LogP contribution in [0.1, 0.15) is 5.56 Å². The summed E-state index contributed by atoms with van der Waals surface area (Å²) in [6.07, 6.45) is 0. The maximum absolute atomic E-state index is 12.3. The highest BCUT2D eigenvalue weighted by molar-refractivity contribution is 5.85. The summed E-state index contributed by atoms with van der Waals surface area (Å²) in [5, 5.41) is 3.20. The highest BCUT2D eigenvalue weighted by atomic mass is 35.5. The number of hydrogen-bond donors (Lipinski definition) is 1. The van der Waals surface area contributed by atoms with Crippen molar-refractivity contribution in [1.29, 1.82) is 0 Å². The molecule has 1 fully saturated rings. The highest BCUT2D eigenvalue weighted by Gasteiger charge is 2.21. The SMILES string of the molecule is COc1ccc(CN(C)C2CNC2)cc1OC(F)F.Cl. The van der Waals surface area contributed by atoms with Crippen LogP contribution in [-0.4, -0.2) is 44.8 Å². The number of benzene rings is 1. The molecule has 0 aliphatic carbocycles. The largest absolute Gasteiger partial charge is 0.493 e. The average molecular weight is 309 g/mol. The minimum Gasteiger partial charge on any atom is -0.493 e. The van der Waals surface area contributed by atoms with Gasteiger partial charge in [-0.1, -0.05) is 6.07 Å². The molecule has 7 heteroatoms. The van der Waals surface area contributed by atoms with Gasteiger partial charge in [0, 0.05) is 25.7 Å². The number of rotatable bonds is 6. The minimum absolute atomic E-state index is 0. The lowest BCUT2D eigenvalue weighted by Crippen LogP contribution is -2.55. The summed E-state index contributed by atoms with van der Waals surface area (Å²) < 4.78 is 34.1. The molecule has 1 aliphatic heterocycles. The Kier molecular flexibility index (Phi) is 6.45. The standard InChI is InChI=1S/C13H18F2N2O2.ClH/c1-17(10-6-16-7-10)8-9-3-4-11(18-2)12(5-9)19-13(14)15;/h3-5,10,13,16H,6-8H2,1-2H3;1H. The van der Waals surface area contributed by atoms with Crippen molar-refractivity contribution in [2.45, 2.75) is 19.2 Å². The van der Waals surface area contributed by atoms with E-state index in [-0.39, 0.29) is 18.2 Å². The first-order valence-electron chi connectivity index (χ1n) is 6.13. The minimum atomic E-state index is -2.85. The molecule has 0 saturated carbocycles. The van der Waals surface area contributed by atoms with Crippen LogP contribution in [0.25, 0.3) is 0 Å². The Bertz CT molecular complexity index is 431. The van der Waals surface area contributed by atoms with Crippen LogP contribution in [0.3, 0.4) is 0 Å². The molecule has 1 saturated heterocycles. The van der Waals surface area contributed by atoms with Crippen molar-refractivity contribution in [3.8, 4) is 11.5 Å². The third kappa shape index (κ3) is 4.19. The summed E-state index contributed by atoms with van der Waals surface area (Å²) in [5.41, 5.74) is 0.922. The molecule has 0 atom stereocenters. The number of nitrogens with zero attached hydrogens (tertiary/aromatic N) is 1. The molecule has 1 aromatic carbocycles. The van der Waals surface area contributed by atoms with Crippen LogP contribution >= 0.6 is 12.4 Å². The first-order chi connectivity index (χ1) is 9.10. The summed E-state index contributed by atoms with van der Waals surface area (Å²) in [6.45, 7) is -0.228. The van der Waals surface area contributed by atoms with Gasteiger partial charge in [0.25, 0.3) is 0 Å². The van der Waals surface area contributed by atoms with Crippen molar-refractivity contribution in [1.82, 2.24) is 10.2 Å². The molecule has 1 N–H and O–H groups in total. The van der Waals surface area contributed by atoms with Gasteiger partial charge in [-0.15, -0.1) is 12.4 Å². The van der Waals surface area contributed by atoms with E-state index >= 15 is 0 Å². The Hall–Kier alpha value is -1.11. The summed E-state index contributed by atoms with van der Waals surface area (Å²) in [6, 6.07) is 5.62. The van der Waals surface area contributed by atoms with Crippen LogP contribution in [0.4, 0.5) is 8.78 Å². The molecule has 1 aliphatic rings. The molecule has 0 radical (unpaired) electrons. The molecule has 0 unspecified atom stereocenters. The zero-order valence-electron chi connectivity index (χ0n) is 11.4. The molecular weight excluding hydrogens is 290 g/mol. The second-order valence-electron chi connectivity index (χ2n) is 4.59.